The summed E-state index contributed by atoms with van der Waals surface area (Å²) in [5.41, 5.74) is 0. The molecule has 0 aromatic heterocycles. The first-order chi connectivity index (χ1) is 2.77. The maximum atomic E-state index is 9.81. The first kappa shape index (κ1) is 5.82. The smallest absolute Gasteiger partial charge is 0.203 e. The lowest BCUT2D eigenvalue weighted by Gasteiger charge is -1.71. The van der Waals surface area contributed by atoms with E-state index in [4.69, 9.17) is 5.41 Å². The van der Waals surface area contributed by atoms with Crippen LogP contribution >= 0.6 is 15.9 Å². The Kier molecular flexibility index (Phi) is 2.94. The molecule has 0 unspecified atom stereocenters. The predicted molar refractivity (Wildman–Crippen MR) is 27.3 cm³/mol. The molecule has 0 amide bonds. The number of hydrogen-bond donors (Lipinski definition) is 1. The Balaban J connectivity index is 3.05. The van der Waals surface area contributed by atoms with Crippen molar-refractivity contribution >= 4 is 26.8 Å². The molecule has 1 N–H and O–H groups in total. The molecule has 0 aliphatic heterocycles. The Morgan fingerprint density at radius 1 is 2.00 bits per heavy atom. The maximum Gasteiger partial charge on any atom is 0.203 e. The van der Waals surface area contributed by atoms with Crippen LogP contribution in [-0.2, 0) is 4.79 Å². The quantitative estimate of drug-likeness (QED) is 0.462. The molecule has 0 heterocycles. The Morgan fingerprint density at radius 3 is 2.50 bits per heavy atom. The Hall–Kier alpha value is -0.180. The summed E-state index contributed by atoms with van der Waals surface area (Å²) < 4.78 is -0.141. The van der Waals surface area contributed by atoms with Gasteiger partial charge in [0.25, 0.3) is 0 Å². The van der Waals surface area contributed by atoms with Crippen molar-refractivity contribution in [1.29, 1.82) is 5.41 Å². The van der Waals surface area contributed by atoms with Crippen molar-refractivity contribution in [3.05, 3.63) is 0 Å². The van der Waals surface area contributed by atoms with Crippen LogP contribution < -0.4 is 0 Å². The van der Waals surface area contributed by atoms with E-state index in [9.17, 15) is 4.79 Å². The molecule has 0 atom stereocenters. The summed E-state index contributed by atoms with van der Waals surface area (Å²) in [5, 5.41) is 6.36. The third-order valence-corrected chi connectivity index (χ3v) is 0.586. The van der Waals surface area contributed by atoms with Crippen molar-refractivity contribution in [3.63, 3.8) is 0 Å². The fraction of sp³-hybridized carbons (Fsp3) is 0.333. The van der Waals surface area contributed by atoms with E-state index in [1.54, 1.807) is 0 Å². The molecular weight excluding hydrogens is 146 g/mol. The number of hydrogen-bond acceptors (Lipinski definition) is 2. The van der Waals surface area contributed by atoms with Crippen LogP contribution in [0.5, 0.6) is 0 Å². The summed E-state index contributed by atoms with van der Waals surface area (Å²) >= 11 is 2.64. The largest absolute Gasteiger partial charge is 0.313 e. The summed E-state index contributed by atoms with van der Waals surface area (Å²) in [7, 11) is 0. The van der Waals surface area contributed by atoms with Crippen LogP contribution in [0.2, 0.25) is 0 Å². The molecule has 3 heteroatoms. The van der Waals surface area contributed by atoms with Crippen molar-refractivity contribution in [1.82, 2.24) is 0 Å². The van der Waals surface area contributed by atoms with Gasteiger partial charge in [-0.1, -0.05) is 0 Å². The van der Waals surface area contributed by atoms with Crippen molar-refractivity contribution in [2.75, 3.05) is 0 Å². The molecule has 0 saturated carbocycles. The van der Waals surface area contributed by atoms with Crippen LogP contribution in [0.1, 0.15) is 6.42 Å². The predicted octanol–water partition coefficient (Wildman–Crippen LogP) is 0.948. The highest BCUT2D eigenvalue weighted by Crippen LogP contribution is 1.84. The van der Waals surface area contributed by atoms with Crippen LogP contribution in [0.25, 0.3) is 0 Å². The van der Waals surface area contributed by atoms with Gasteiger partial charge in [0, 0.05) is 6.21 Å². The SMILES string of the molecule is N=CCC(=O)Br. The minimum atomic E-state index is -0.141. The second-order valence-corrected chi connectivity index (χ2v) is 1.65. The summed E-state index contributed by atoms with van der Waals surface area (Å²) in [6.45, 7) is 0. The van der Waals surface area contributed by atoms with E-state index in [-0.39, 0.29) is 11.1 Å². The van der Waals surface area contributed by atoms with Crippen LogP contribution in [0, 0.1) is 5.41 Å². The molecule has 0 aliphatic rings. The van der Waals surface area contributed by atoms with Crippen molar-refractivity contribution in [3.8, 4) is 0 Å². The van der Waals surface area contributed by atoms with Gasteiger partial charge >= 0.3 is 0 Å². The number of nitrogens with one attached hydrogen (secondary N) is 1. The van der Waals surface area contributed by atoms with Crippen molar-refractivity contribution in [2.45, 2.75) is 6.42 Å². The second kappa shape index (κ2) is 3.03. The molecule has 0 saturated heterocycles. The third-order valence-electron chi connectivity index (χ3n) is 0.263. The first-order valence-corrected chi connectivity index (χ1v) is 2.24. The molecule has 0 radical (unpaired) electrons. The van der Waals surface area contributed by atoms with Gasteiger partial charge in [-0.05, 0) is 15.9 Å². The van der Waals surface area contributed by atoms with Gasteiger partial charge in [0.15, 0.2) is 0 Å². The van der Waals surface area contributed by atoms with E-state index in [0.29, 0.717) is 0 Å². The molecule has 2 nitrogen and oxygen atoms in total. The lowest BCUT2D eigenvalue weighted by Crippen LogP contribution is -1.81. The zero-order chi connectivity index (χ0) is 4.99. The molecule has 0 bridgehead atoms. The minimum absolute atomic E-state index is 0.141. The minimum Gasteiger partial charge on any atom is -0.313 e. The monoisotopic (exact) mass is 149 g/mol. The lowest BCUT2D eigenvalue weighted by atomic mass is 10.5. The van der Waals surface area contributed by atoms with Gasteiger partial charge < -0.3 is 5.41 Å². The van der Waals surface area contributed by atoms with E-state index in [1.807, 2.05) is 0 Å². The van der Waals surface area contributed by atoms with Crippen molar-refractivity contribution in [2.24, 2.45) is 0 Å². The maximum absolute atomic E-state index is 9.81. The third kappa shape index (κ3) is 3.82. The van der Waals surface area contributed by atoms with E-state index < -0.39 is 0 Å². The van der Waals surface area contributed by atoms with Crippen LogP contribution in [-0.4, -0.2) is 10.9 Å². The number of halogens is 1. The van der Waals surface area contributed by atoms with Crippen LogP contribution in [0.3, 0.4) is 0 Å². The van der Waals surface area contributed by atoms with Gasteiger partial charge in [-0.2, -0.15) is 0 Å². The highest BCUT2D eigenvalue weighted by Gasteiger charge is 1.84. The topological polar surface area (TPSA) is 40.9 Å². The fourth-order valence-electron chi connectivity index (χ4n) is 0.0802. The molecule has 34 valence electrons. The van der Waals surface area contributed by atoms with Gasteiger partial charge in [-0.25, -0.2) is 0 Å². The lowest BCUT2D eigenvalue weighted by molar-refractivity contribution is -0.109. The van der Waals surface area contributed by atoms with Gasteiger partial charge in [-0.3, -0.25) is 4.79 Å². The van der Waals surface area contributed by atoms with Gasteiger partial charge in [-0.15, -0.1) is 0 Å². The molecule has 0 aliphatic carbocycles. The summed E-state index contributed by atoms with van der Waals surface area (Å²) in [5.74, 6) is 0. The Morgan fingerprint density at radius 2 is 2.50 bits per heavy atom. The Bertz CT molecular complexity index is 71.2. The van der Waals surface area contributed by atoms with Crippen LogP contribution in [0.4, 0.5) is 0 Å². The highest BCUT2D eigenvalue weighted by molar-refractivity contribution is 9.18. The summed E-state index contributed by atoms with van der Waals surface area (Å²) in [6.07, 6.45) is 1.25. The van der Waals surface area contributed by atoms with E-state index in [2.05, 4.69) is 15.9 Å². The summed E-state index contributed by atoms with van der Waals surface area (Å²) in [4.78, 5) is 9.81. The average molecular weight is 150 g/mol. The molecular formula is C3H4BrNO. The molecule has 0 aromatic rings. The normalized spacial score (nSPS) is 7.50. The Labute approximate surface area is 44.2 Å². The highest BCUT2D eigenvalue weighted by atomic mass is 79.9. The first-order valence-electron chi connectivity index (χ1n) is 1.44. The van der Waals surface area contributed by atoms with Gasteiger partial charge in [0.05, 0.1) is 6.42 Å². The van der Waals surface area contributed by atoms with Gasteiger partial charge in [0.1, 0.15) is 0 Å². The van der Waals surface area contributed by atoms with E-state index in [0.717, 1.165) is 6.21 Å². The molecule has 0 aromatic carbocycles. The molecule has 0 rings (SSSR count). The fourth-order valence-corrected chi connectivity index (χ4v) is 0.242. The average Bonchev–Trinajstić information content (AvgIpc) is 1.35. The zero-order valence-corrected chi connectivity index (χ0v) is 4.66. The molecule has 6 heavy (non-hydrogen) atoms. The number of carbonyl (C=O) groups is 1. The summed E-state index contributed by atoms with van der Waals surface area (Å²) in [6, 6.07) is 0. The number of carbonyl (C=O) groups excluding carboxylic acids is 1. The van der Waals surface area contributed by atoms with E-state index in [1.165, 1.54) is 0 Å². The molecule has 0 fully saturated rings. The second-order valence-electron chi connectivity index (χ2n) is 0.763. The van der Waals surface area contributed by atoms with E-state index >= 15 is 0 Å². The van der Waals surface area contributed by atoms with Gasteiger partial charge in [0.2, 0.25) is 4.69 Å². The molecule has 0 spiro atoms. The van der Waals surface area contributed by atoms with Crippen molar-refractivity contribution < 1.29 is 4.79 Å². The standard InChI is InChI=1S/C3H4BrNO/c4-3(6)1-2-5/h2,5H,1H2. The number of rotatable bonds is 2. The van der Waals surface area contributed by atoms with Crippen LogP contribution in [0.15, 0.2) is 0 Å². The zero-order valence-electron chi connectivity index (χ0n) is 3.07.